The summed E-state index contributed by atoms with van der Waals surface area (Å²) in [5.74, 6) is 0. The molecule has 0 amide bonds. The molecule has 0 atom stereocenters. The van der Waals surface area contributed by atoms with Gasteiger partial charge in [-0.1, -0.05) is 27.7 Å². The zero-order chi connectivity index (χ0) is 11.6. The zero-order valence-electron chi connectivity index (χ0n) is 10.5. The minimum atomic E-state index is -1.85. The molecule has 0 bridgehead atoms. The Balaban J connectivity index is 3.23. The SMILES string of the molecule is C/C(C=O)=C1\CCO[Si]1(C(C)C)C(C)C. The molecule has 0 spiro atoms. The lowest BCUT2D eigenvalue weighted by molar-refractivity contribution is -0.104. The van der Waals surface area contributed by atoms with Gasteiger partial charge < -0.3 is 4.43 Å². The predicted octanol–water partition coefficient (Wildman–Crippen LogP) is 3.23. The number of rotatable bonds is 3. The second kappa shape index (κ2) is 4.62. The number of allylic oxidation sites excluding steroid dienone is 1. The van der Waals surface area contributed by atoms with E-state index in [1.807, 2.05) is 6.92 Å². The zero-order valence-corrected chi connectivity index (χ0v) is 11.5. The van der Waals surface area contributed by atoms with Gasteiger partial charge in [0, 0.05) is 6.61 Å². The van der Waals surface area contributed by atoms with E-state index >= 15 is 0 Å². The van der Waals surface area contributed by atoms with Gasteiger partial charge in [0.2, 0.25) is 8.32 Å². The third-order valence-electron chi connectivity index (χ3n) is 3.53. The topological polar surface area (TPSA) is 26.3 Å². The summed E-state index contributed by atoms with van der Waals surface area (Å²) in [5, 5.41) is 1.35. The van der Waals surface area contributed by atoms with Gasteiger partial charge in [-0.05, 0) is 35.2 Å². The van der Waals surface area contributed by atoms with Crippen molar-refractivity contribution in [2.75, 3.05) is 6.61 Å². The van der Waals surface area contributed by atoms with Gasteiger partial charge in [-0.25, -0.2) is 0 Å². The van der Waals surface area contributed by atoms with Crippen molar-refractivity contribution in [3.05, 3.63) is 10.8 Å². The Bertz CT molecular complexity index is 271. The molecule has 0 unspecified atom stereocenters. The van der Waals surface area contributed by atoms with Crippen LogP contribution in [0.1, 0.15) is 41.0 Å². The number of aldehydes is 1. The molecular formula is C12H22O2Si. The first-order chi connectivity index (χ1) is 6.96. The summed E-state index contributed by atoms with van der Waals surface area (Å²) in [5.41, 5.74) is 2.01. The van der Waals surface area contributed by atoms with E-state index in [0.717, 1.165) is 24.9 Å². The fourth-order valence-corrected chi connectivity index (χ4v) is 8.05. The maximum atomic E-state index is 10.9. The minimum absolute atomic E-state index is 0.546. The molecule has 86 valence electrons. The van der Waals surface area contributed by atoms with Crippen LogP contribution in [0.2, 0.25) is 11.1 Å². The molecule has 1 aliphatic rings. The van der Waals surface area contributed by atoms with Crippen LogP contribution in [0.5, 0.6) is 0 Å². The van der Waals surface area contributed by atoms with Gasteiger partial charge in [0.15, 0.2) is 0 Å². The van der Waals surface area contributed by atoms with Crippen LogP contribution in [0.4, 0.5) is 0 Å². The van der Waals surface area contributed by atoms with Gasteiger partial charge in [0.05, 0.1) is 0 Å². The van der Waals surface area contributed by atoms with E-state index in [2.05, 4.69) is 27.7 Å². The molecule has 0 aliphatic carbocycles. The van der Waals surface area contributed by atoms with E-state index < -0.39 is 8.32 Å². The van der Waals surface area contributed by atoms with Crippen molar-refractivity contribution in [2.45, 2.75) is 52.1 Å². The van der Waals surface area contributed by atoms with Crippen LogP contribution >= 0.6 is 0 Å². The molecule has 15 heavy (non-hydrogen) atoms. The maximum Gasteiger partial charge on any atom is 0.225 e. The third-order valence-corrected chi connectivity index (χ3v) is 9.23. The molecule has 0 aromatic heterocycles. The lowest BCUT2D eigenvalue weighted by Crippen LogP contribution is -2.43. The van der Waals surface area contributed by atoms with Crippen molar-refractivity contribution in [2.24, 2.45) is 0 Å². The Morgan fingerprint density at radius 1 is 1.33 bits per heavy atom. The molecule has 0 aromatic carbocycles. The van der Waals surface area contributed by atoms with E-state index in [9.17, 15) is 4.79 Å². The first-order valence-corrected chi connectivity index (χ1v) is 7.82. The number of hydrogen-bond acceptors (Lipinski definition) is 2. The van der Waals surface area contributed by atoms with Gasteiger partial charge in [0.25, 0.3) is 0 Å². The average molecular weight is 226 g/mol. The van der Waals surface area contributed by atoms with E-state index in [1.165, 1.54) is 5.20 Å². The highest BCUT2D eigenvalue weighted by molar-refractivity contribution is 6.84. The molecule has 3 heteroatoms. The van der Waals surface area contributed by atoms with Crippen molar-refractivity contribution in [3.8, 4) is 0 Å². The Kier molecular flexibility index (Phi) is 3.90. The molecule has 1 rings (SSSR count). The quantitative estimate of drug-likeness (QED) is 0.419. The summed E-state index contributed by atoms with van der Waals surface area (Å²) >= 11 is 0. The molecular weight excluding hydrogens is 204 g/mol. The molecule has 2 nitrogen and oxygen atoms in total. The van der Waals surface area contributed by atoms with E-state index in [-0.39, 0.29) is 0 Å². The molecule has 0 aromatic rings. The Morgan fingerprint density at radius 3 is 2.27 bits per heavy atom. The van der Waals surface area contributed by atoms with Crippen LogP contribution in [0.25, 0.3) is 0 Å². The fourth-order valence-electron chi connectivity index (χ4n) is 2.88. The Morgan fingerprint density at radius 2 is 1.87 bits per heavy atom. The highest BCUT2D eigenvalue weighted by Gasteiger charge is 2.49. The Labute approximate surface area is 93.8 Å². The summed E-state index contributed by atoms with van der Waals surface area (Å²) in [7, 11) is -1.85. The van der Waals surface area contributed by atoms with Crippen molar-refractivity contribution in [1.29, 1.82) is 0 Å². The van der Waals surface area contributed by atoms with Gasteiger partial charge in [-0.2, -0.15) is 0 Å². The van der Waals surface area contributed by atoms with Crippen LogP contribution in [0.15, 0.2) is 10.8 Å². The largest absolute Gasteiger partial charge is 0.412 e. The predicted molar refractivity (Wildman–Crippen MR) is 65.3 cm³/mol. The van der Waals surface area contributed by atoms with Crippen LogP contribution < -0.4 is 0 Å². The van der Waals surface area contributed by atoms with Crippen molar-refractivity contribution >= 4 is 14.6 Å². The molecule has 1 saturated heterocycles. The summed E-state index contributed by atoms with van der Waals surface area (Å²) in [4.78, 5) is 10.9. The Hall–Kier alpha value is -0.413. The molecule has 0 radical (unpaired) electrons. The summed E-state index contributed by atoms with van der Waals surface area (Å²) < 4.78 is 6.12. The number of hydrogen-bond donors (Lipinski definition) is 0. The molecule has 1 heterocycles. The van der Waals surface area contributed by atoms with Crippen molar-refractivity contribution in [3.63, 3.8) is 0 Å². The standard InChI is InChI=1S/C12H22O2Si/c1-9(2)15(10(3)4)12(6-7-14-15)11(5)8-13/h8-10H,6-7H2,1-5H3/b12-11-. The smallest absolute Gasteiger partial charge is 0.225 e. The molecule has 1 aliphatic heterocycles. The van der Waals surface area contributed by atoms with E-state index in [0.29, 0.717) is 11.1 Å². The normalized spacial score (nSPS) is 23.7. The molecule has 1 fully saturated rings. The second-order valence-electron chi connectivity index (χ2n) is 4.98. The highest BCUT2D eigenvalue weighted by Crippen LogP contribution is 2.45. The second-order valence-corrected chi connectivity index (χ2v) is 9.77. The first-order valence-electron chi connectivity index (χ1n) is 5.76. The minimum Gasteiger partial charge on any atom is -0.412 e. The number of carbonyl (C=O) groups excluding carboxylic acids is 1. The van der Waals surface area contributed by atoms with Crippen LogP contribution in [-0.4, -0.2) is 21.2 Å². The monoisotopic (exact) mass is 226 g/mol. The van der Waals surface area contributed by atoms with Gasteiger partial charge in [0.1, 0.15) is 6.29 Å². The van der Waals surface area contributed by atoms with Crippen LogP contribution in [-0.2, 0) is 9.22 Å². The average Bonchev–Trinajstić information content (AvgIpc) is 2.61. The lowest BCUT2D eigenvalue weighted by atomic mass is 10.2. The highest BCUT2D eigenvalue weighted by atomic mass is 28.4. The summed E-state index contributed by atoms with van der Waals surface area (Å²) in [6.07, 6.45) is 1.96. The van der Waals surface area contributed by atoms with E-state index in [1.54, 1.807) is 0 Å². The lowest BCUT2D eigenvalue weighted by Gasteiger charge is -2.35. The van der Waals surface area contributed by atoms with E-state index in [4.69, 9.17) is 4.43 Å². The molecule has 0 N–H and O–H groups in total. The maximum absolute atomic E-state index is 10.9. The third kappa shape index (κ3) is 1.95. The van der Waals surface area contributed by atoms with Crippen molar-refractivity contribution in [1.82, 2.24) is 0 Å². The van der Waals surface area contributed by atoms with Crippen molar-refractivity contribution < 1.29 is 9.22 Å². The van der Waals surface area contributed by atoms with Crippen LogP contribution in [0, 0.1) is 0 Å². The fraction of sp³-hybridized carbons (Fsp3) is 0.750. The summed E-state index contributed by atoms with van der Waals surface area (Å²) in [6.45, 7) is 11.7. The number of carbonyl (C=O) groups is 1. The first kappa shape index (κ1) is 12.7. The summed E-state index contributed by atoms with van der Waals surface area (Å²) in [6, 6.07) is 0. The van der Waals surface area contributed by atoms with Crippen LogP contribution in [0.3, 0.4) is 0 Å². The van der Waals surface area contributed by atoms with Gasteiger partial charge >= 0.3 is 0 Å². The van der Waals surface area contributed by atoms with Gasteiger partial charge in [-0.3, -0.25) is 4.79 Å². The molecule has 0 saturated carbocycles. The van der Waals surface area contributed by atoms with Gasteiger partial charge in [-0.15, -0.1) is 0 Å².